The van der Waals surface area contributed by atoms with E-state index in [0.717, 1.165) is 13.1 Å². The molecule has 6 heteroatoms. The Hall–Kier alpha value is -0.690. The number of amides is 1. The van der Waals surface area contributed by atoms with E-state index in [0.29, 0.717) is 39.2 Å². The van der Waals surface area contributed by atoms with Crippen molar-refractivity contribution in [3.05, 3.63) is 0 Å². The Bertz CT molecular complexity index is 255. The number of rotatable bonds is 7. The molecular formula is C12H25N3O3. The summed E-state index contributed by atoms with van der Waals surface area (Å²) in [6, 6.07) is 0. The zero-order valence-electron chi connectivity index (χ0n) is 11.4. The summed E-state index contributed by atoms with van der Waals surface area (Å²) in [5, 5.41) is 2.90. The summed E-state index contributed by atoms with van der Waals surface area (Å²) in [4.78, 5) is 14.1. The molecule has 1 rings (SSSR count). The molecule has 3 N–H and O–H groups in total. The lowest BCUT2D eigenvalue weighted by atomic mass is 9.90. The van der Waals surface area contributed by atoms with Crippen LogP contribution < -0.4 is 11.1 Å². The molecule has 1 aliphatic rings. The number of hydrogen-bond donors (Lipinski definition) is 2. The summed E-state index contributed by atoms with van der Waals surface area (Å²) in [6.07, 6.45) is 1.19. The van der Waals surface area contributed by atoms with Gasteiger partial charge in [-0.05, 0) is 19.9 Å². The maximum atomic E-state index is 12.0. The van der Waals surface area contributed by atoms with Crippen molar-refractivity contribution in [3.8, 4) is 0 Å². The Morgan fingerprint density at radius 1 is 1.44 bits per heavy atom. The number of nitrogens with zero attached hydrogens (tertiary/aromatic N) is 1. The zero-order chi connectivity index (χ0) is 13.4. The van der Waals surface area contributed by atoms with Crippen LogP contribution >= 0.6 is 0 Å². The number of methoxy groups -OCH3 is 1. The number of ether oxygens (including phenoxy) is 2. The van der Waals surface area contributed by atoms with Crippen molar-refractivity contribution in [1.29, 1.82) is 0 Å². The van der Waals surface area contributed by atoms with Crippen LogP contribution in [-0.4, -0.2) is 70.0 Å². The average Bonchev–Trinajstić information content (AvgIpc) is 2.37. The molecule has 0 aromatic rings. The molecule has 0 aliphatic carbocycles. The van der Waals surface area contributed by atoms with Gasteiger partial charge in [0.15, 0.2) is 0 Å². The molecule has 6 nitrogen and oxygen atoms in total. The smallest absolute Gasteiger partial charge is 0.240 e. The maximum absolute atomic E-state index is 12.0. The maximum Gasteiger partial charge on any atom is 0.240 e. The van der Waals surface area contributed by atoms with Crippen LogP contribution in [0.15, 0.2) is 0 Å². The fourth-order valence-electron chi connectivity index (χ4n) is 1.86. The summed E-state index contributed by atoms with van der Waals surface area (Å²) in [5.41, 5.74) is 5.33. The molecule has 0 atom stereocenters. The van der Waals surface area contributed by atoms with Gasteiger partial charge in [0, 0.05) is 40.0 Å². The number of likely N-dealkylation sites (N-methyl/N-ethyl adjacent to an activating group) is 1. The molecule has 106 valence electrons. The Morgan fingerprint density at radius 3 is 2.72 bits per heavy atom. The number of hydrogen-bond acceptors (Lipinski definition) is 5. The molecule has 1 aliphatic heterocycles. The highest BCUT2D eigenvalue weighted by molar-refractivity contribution is 5.86. The lowest BCUT2D eigenvalue weighted by Gasteiger charge is -2.32. The van der Waals surface area contributed by atoms with E-state index in [1.165, 1.54) is 0 Å². The molecule has 1 fully saturated rings. The summed E-state index contributed by atoms with van der Waals surface area (Å²) in [6.45, 7) is 4.09. The zero-order valence-corrected chi connectivity index (χ0v) is 11.4. The van der Waals surface area contributed by atoms with Crippen LogP contribution in [0, 0.1) is 0 Å². The van der Waals surface area contributed by atoms with Crippen LogP contribution in [-0.2, 0) is 14.3 Å². The normalized spacial score (nSPS) is 18.9. The molecule has 1 amide bonds. The third-order valence-corrected chi connectivity index (χ3v) is 3.29. The van der Waals surface area contributed by atoms with E-state index in [9.17, 15) is 4.79 Å². The fraction of sp³-hybridized carbons (Fsp3) is 0.917. The number of nitrogens with two attached hydrogens (primary N) is 1. The highest BCUT2D eigenvalue weighted by atomic mass is 16.5. The molecule has 0 aromatic heterocycles. The number of nitrogens with one attached hydrogen (secondary N) is 1. The van der Waals surface area contributed by atoms with Crippen molar-refractivity contribution in [1.82, 2.24) is 10.2 Å². The predicted octanol–water partition coefficient (Wildman–Crippen LogP) is -0.811. The van der Waals surface area contributed by atoms with Crippen LogP contribution in [0.4, 0.5) is 0 Å². The van der Waals surface area contributed by atoms with Gasteiger partial charge in [0.1, 0.15) is 0 Å². The third kappa shape index (κ3) is 4.89. The molecule has 0 spiro atoms. The SMILES string of the molecule is COCCN(C)CCNC(=O)C1(N)CCOCC1. The predicted molar refractivity (Wildman–Crippen MR) is 69.4 cm³/mol. The van der Waals surface area contributed by atoms with Gasteiger partial charge in [-0.25, -0.2) is 0 Å². The topological polar surface area (TPSA) is 76.8 Å². The van der Waals surface area contributed by atoms with Crippen molar-refractivity contribution >= 4 is 5.91 Å². The minimum atomic E-state index is -0.747. The van der Waals surface area contributed by atoms with Crippen molar-refractivity contribution < 1.29 is 14.3 Å². The average molecular weight is 259 g/mol. The molecule has 0 saturated carbocycles. The van der Waals surface area contributed by atoms with Crippen molar-refractivity contribution in [2.45, 2.75) is 18.4 Å². The lowest BCUT2D eigenvalue weighted by Crippen LogP contribution is -2.57. The van der Waals surface area contributed by atoms with E-state index in [1.54, 1.807) is 7.11 Å². The summed E-state index contributed by atoms with van der Waals surface area (Å²) >= 11 is 0. The van der Waals surface area contributed by atoms with E-state index in [4.69, 9.17) is 15.2 Å². The van der Waals surface area contributed by atoms with Gasteiger partial charge < -0.3 is 25.4 Å². The second kappa shape index (κ2) is 7.68. The van der Waals surface area contributed by atoms with Gasteiger partial charge in [-0.15, -0.1) is 0 Å². The number of carbonyl (C=O) groups is 1. The van der Waals surface area contributed by atoms with E-state index in [1.807, 2.05) is 7.05 Å². The first-order valence-corrected chi connectivity index (χ1v) is 6.41. The Labute approximate surface area is 109 Å². The van der Waals surface area contributed by atoms with Crippen molar-refractivity contribution in [2.24, 2.45) is 5.73 Å². The van der Waals surface area contributed by atoms with Crippen LogP contribution in [0.5, 0.6) is 0 Å². The molecule has 0 bridgehead atoms. The van der Waals surface area contributed by atoms with Gasteiger partial charge in [-0.1, -0.05) is 0 Å². The molecule has 18 heavy (non-hydrogen) atoms. The summed E-state index contributed by atoms with van der Waals surface area (Å²) < 4.78 is 10.2. The van der Waals surface area contributed by atoms with E-state index in [-0.39, 0.29) is 5.91 Å². The van der Waals surface area contributed by atoms with Crippen LogP contribution in [0.2, 0.25) is 0 Å². The summed E-state index contributed by atoms with van der Waals surface area (Å²) in [7, 11) is 3.68. The molecular weight excluding hydrogens is 234 g/mol. The first-order chi connectivity index (χ1) is 8.58. The largest absolute Gasteiger partial charge is 0.383 e. The molecule has 0 radical (unpaired) electrons. The van der Waals surface area contributed by atoms with Gasteiger partial charge >= 0.3 is 0 Å². The van der Waals surface area contributed by atoms with Crippen LogP contribution in [0.25, 0.3) is 0 Å². The summed E-state index contributed by atoms with van der Waals surface area (Å²) in [5.74, 6) is -0.0639. The van der Waals surface area contributed by atoms with Gasteiger partial charge in [0.25, 0.3) is 0 Å². The van der Waals surface area contributed by atoms with E-state index in [2.05, 4.69) is 10.2 Å². The second-order valence-electron chi connectivity index (χ2n) is 4.82. The van der Waals surface area contributed by atoms with Crippen LogP contribution in [0.1, 0.15) is 12.8 Å². The third-order valence-electron chi connectivity index (χ3n) is 3.29. The monoisotopic (exact) mass is 259 g/mol. The van der Waals surface area contributed by atoms with Gasteiger partial charge in [-0.3, -0.25) is 4.79 Å². The van der Waals surface area contributed by atoms with Gasteiger partial charge in [-0.2, -0.15) is 0 Å². The second-order valence-corrected chi connectivity index (χ2v) is 4.82. The molecule has 0 aromatic carbocycles. The number of carbonyl (C=O) groups excluding carboxylic acids is 1. The molecule has 0 unspecified atom stereocenters. The highest BCUT2D eigenvalue weighted by Crippen LogP contribution is 2.17. The quantitative estimate of drug-likeness (QED) is 0.625. The molecule has 1 heterocycles. The Kier molecular flexibility index (Phi) is 6.56. The first kappa shape index (κ1) is 15.4. The Morgan fingerprint density at radius 2 is 2.11 bits per heavy atom. The minimum Gasteiger partial charge on any atom is -0.383 e. The fourth-order valence-corrected chi connectivity index (χ4v) is 1.86. The van der Waals surface area contributed by atoms with Crippen LogP contribution in [0.3, 0.4) is 0 Å². The minimum absolute atomic E-state index is 0.0639. The van der Waals surface area contributed by atoms with E-state index < -0.39 is 5.54 Å². The van der Waals surface area contributed by atoms with Crippen molar-refractivity contribution in [2.75, 3.05) is 53.6 Å². The van der Waals surface area contributed by atoms with Gasteiger partial charge in [0.2, 0.25) is 5.91 Å². The first-order valence-electron chi connectivity index (χ1n) is 6.41. The van der Waals surface area contributed by atoms with Gasteiger partial charge in [0.05, 0.1) is 12.1 Å². The molecule has 1 saturated heterocycles. The van der Waals surface area contributed by atoms with Crippen molar-refractivity contribution in [3.63, 3.8) is 0 Å². The van der Waals surface area contributed by atoms with E-state index >= 15 is 0 Å². The highest BCUT2D eigenvalue weighted by Gasteiger charge is 2.35. The standard InChI is InChI=1S/C12H25N3O3/c1-15(7-10-17-2)6-5-14-11(16)12(13)3-8-18-9-4-12/h3-10,13H2,1-2H3,(H,14,16). The lowest BCUT2D eigenvalue weighted by molar-refractivity contribution is -0.129. The Balaban J connectivity index is 2.20.